The second kappa shape index (κ2) is 14.6. The van der Waals surface area contributed by atoms with E-state index in [1.54, 1.807) is 6.08 Å². The highest BCUT2D eigenvalue weighted by atomic mass is 16.5. The highest BCUT2D eigenvalue weighted by Gasteiger charge is 2.08. The minimum absolute atomic E-state index is 0.0611. The van der Waals surface area contributed by atoms with E-state index < -0.39 is 17.9 Å². The maximum atomic E-state index is 11.2. The molecule has 2 N–H and O–H groups in total. The van der Waals surface area contributed by atoms with Gasteiger partial charge in [0.15, 0.2) is 0 Å². The van der Waals surface area contributed by atoms with Gasteiger partial charge >= 0.3 is 17.9 Å². The Hall–Kier alpha value is -3.41. The number of carboxylic acids is 2. The third-order valence-corrected chi connectivity index (χ3v) is 3.50. The van der Waals surface area contributed by atoms with Gasteiger partial charge in [-0.1, -0.05) is 69.0 Å². The molecule has 0 heterocycles. The molecule has 156 valence electrons. The lowest BCUT2D eigenvalue weighted by molar-refractivity contribution is -0.138. The predicted octanol–water partition coefficient (Wildman–Crippen LogP) is 4.65. The lowest BCUT2D eigenvalue weighted by Gasteiger charge is -2.03. The van der Waals surface area contributed by atoms with Crippen molar-refractivity contribution in [1.82, 2.24) is 0 Å². The Kier molecular flexibility index (Phi) is 12.9. The van der Waals surface area contributed by atoms with Crippen molar-refractivity contribution in [3.63, 3.8) is 0 Å². The van der Waals surface area contributed by atoms with Gasteiger partial charge in [0.05, 0.1) is 12.2 Å². The van der Waals surface area contributed by atoms with Crippen molar-refractivity contribution >= 4 is 24.0 Å². The van der Waals surface area contributed by atoms with Crippen molar-refractivity contribution in [2.24, 2.45) is 0 Å². The number of allylic oxidation sites excluding steroid dienone is 1. The molecule has 6 heteroatoms. The van der Waals surface area contributed by atoms with Gasteiger partial charge in [0, 0.05) is 11.1 Å². The number of ether oxygens (including phenoxy) is 1. The SMILES string of the molecule is C=C(C=C(C)C(=O)O)C(=O)OCCCC.C=C(CC=Cc1ccccc1)C(=O)O. The van der Waals surface area contributed by atoms with E-state index in [9.17, 15) is 14.4 Å². The maximum Gasteiger partial charge on any atom is 0.337 e. The number of rotatable bonds is 10. The second-order valence-corrected chi connectivity index (χ2v) is 6.07. The molecule has 0 fully saturated rings. The zero-order valence-corrected chi connectivity index (χ0v) is 16.9. The number of carbonyl (C=O) groups excluding carboxylic acids is 1. The van der Waals surface area contributed by atoms with Crippen LogP contribution in [0.25, 0.3) is 6.08 Å². The summed E-state index contributed by atoms with van der Waals surface area (Å²) in [6.07, 6.45) is 6.99. The minimum atomic E-state index is -1.07. The molecule has 1 aromatic carbocycles. The summed E-state index contributed by atoms with van der Waals surface area (Å²) < 4.78 is 4.85. The number of unbranched alkanes of at least 4 members (excludes halogenated alkanes) is 1. The van der Waals surface area contributed by atoms with E-state index in [-0.39, 0.29) is 16.7 Å². The fourth-order valence-electron chi connectivity index (χ4n) is 1.77. The Morgan fingerprint density at radius 2 is 1.69 bits per heavy atom. The summed E-state index contributed by atoms with van der Waals surface area (Å²) in [5.41, 5.74) is 1.39. The maximum absolute atomic E-state index is 11.2. The zero-order valence-electron chi connectivity index (χ0n) is 16.9. The topological polar surface area (TPSA) is 101 Å². The first-order chi connectivity index (χ1) is 13.7. The normalized spacial score (nSPS) is 10.6. The minimum Gasteiger partial charge on any atom is -0.478 e. The van der Waals surface area contributed by atoms with Gasteiger partial charge in [0.2, 0.25) is 0 Å². The van der Waals surface area contributed by atoms with Crippen molar-refractivity contribution in [3.05, 3.63) is 77.9 Å². The van der Waals surface area contributed by atoms with Crippen LogP contribution < -0.4 is 0 Å². The van der Waals surface area contributed by atoms with Gasteiger partial charge in [0.1, 0.15) is 0 Å². The average molecular weight is 400 g/mol. The molecule has 0 amide bonds. The molecule has 0 spiro atoms. The van der Waals surface area contributed by atoms with Gasteiger partial charge in [-0.2, -0.15) is 0 Å². The van der Waals surface area contributed by atoms with Crippen molar-refractivity contribution in [2.75, 3.05) is 6.61 Å². The first-order valence-corrected chi connectivity index (χ1v) is 9.09. The number of carboxylic acid groups (broad SMARTS) is 2. The fourth-order valence-corrected chi connectivity index (χ4v) is 1.77. The number of hydrogen-bond acceptors (Lipinski definition) is 4. The van der Waals surface area contributed by atoms with E-state index in [0.717, 1.165) is 18.4 Å². The monoisotopic (exact) mass is 400 g/mol. The van der Waals surface area contributed by atoms with E-state index in [1.807, 2.05) is 43.3 Å². The Morgan fingerprint density at radius 3 is 2.21 bits per heavy atom. The second-order valence-electron chi connectivity index (χ2n) is 6.07. The molecule has 0 radical (unpaired) electrons. The first-order valence-electron chi connectivity index (χ1n) is 9.09. The van der Waals surface area contributed by atoms with E-state index >= 15 is 0 Å². The van der Waals surface area contributed by atoms with Crippen LogP contribution in [-0.4, -0.2) is 34.7 Å². The van der Waals surface area contributed by atoms with Gasteiger partial charge < -0.3 is 14.9 Å². The van der Waals surface area contributed by atoms with Crippen LogP contribution in [0, 0.1) is 0 Å². The highest BCUT2D eigenvalue weighted by molar-refractivity contribution is 5.94. The van der Waals surface area contributed by atoms with Crippen LogP contribution in [0.2, 0.25) is 0 Å². The molecule has 1 rings (SSSR count). The fraction of sp³-hybridized carbons (Fsp3) is 0.261. The number of hydrogen-bond donors (Lipinski definition) is 2. The number of esters is 1. The summed E-state index contributed by atoms with van der Waals surface area (Å²) in [6, 6.07) is 9.73. The van der Waals surface area contributed by atoms with Gasteiger partial charge in [-0.15, -0.1) is 0 Å². The highest BCUT2D eigenvalue weighted by Crippen LogP contribution is 2.05. The molecule has 0 saturated heterocycles. The lowest BCUT2D eigenvalue weighted by Crippen LogP contribution is -2.08. The van der Waals surface area contributed by atoms with Crippen LogP contribution in [0.15, 0.2) is 72.4 Å². The van der Waals surface area contributed by atoms with E-state index in [0.29, 0.717) is 13.0 Å². The Labute approximate surface area is 171 Å². The standard InChI is InChI=1S/C12H12O2.C11H16O4/c1-10(12(13)14)6-5-9-11-7-3-2-4-8-11;1-4-5-6-15-11(14)9(3)7-8(2)10(12)13/h2-5,7-9H,1,6H2,(H,13,14);7H,3-6H2,1-2H3,(H,12,13). The van der Waals surface area contributed by atoms with Crippen LogP contribution in [0.5, 0.6) is 0 Å². The summed E-state index contributed by atoms with van der Waals surface area (Å²) in [7, 11) is 0. The first kappa shape index (κ1) is 25.6. The Morgan fingerprint density at radius 1 is 1.07 bits per heavy atom. The summed E-state index contributed by atoms with van der Waals surface area (Å²) in [5, 5.41) is 17.1. The third-order valence-electron chi connectivity index (χ3n) is 3.50. The van der Waals surface area contributed by atoms with Crippen LogP contribution in [0.1, 0.15) is 38.7 Å². The number of carbonyl (C=O) groups is 3. The Balaban J connectivity index is 0.000000541. The van der Waals surface area contributed by atoms with Crippen molar-refractivity contribution in [2.45, 2.75) is 33.1 Å². The van der Waals surface area contributed by atoms with Crippen molar-refractivity contribution in [1.29, 1.82) is 0 Å². The molecule has 1 aromatic rings. The molecular weight excluding hydrogens is 372 g/mol. The van der Waals surface area contributed by atoms with Gasteiger partial charge in [-0.3, -0.25) is 0 Å². The largest absolute Gasteiger partial charge is 0.478 e. The predicted molar refractivity (Wildman–Crippen MR) is 113 cm³/mol. The summed E-state index contributed by atoms with van der Waals surface area (Å²) in [5.74, 6) is -2.58. The molecule has 0 unspecified atom stereocenters. The molecule has 0 aromatic heterocycles. The summed E-state index contributed by atoms with van der Waals surface area (Å²) in [4.78, 5) is 32.1. The van der Waals surface area contributed by atoms with E-state index in [4.69, 9.17) is 14.9 Å². The molecule has 0 atom stereocenters. The van der Waals surface area contributed by atoms with Crippen molar-refractivity contribution in [3.8, 4) is 0 Å². The van der Waals surface area contributed by atoms with Crippen LogP contribution >= 0.6 is 0 Å². The molecule has 0 aliphatic carbocycles. The summed E-state index contributed by atoms with van der Waals surface area (Å²) >= 11 is 0. The third kappa shape index (κ3) is 12.6. The molecular formula is C23H28O6. The number of aliphatic carboxylic acids is 2. The number of benzene rings is 1. The molecule has 6 nitrogen and oxygen atoms in total. The molecule has 0 saturated carbocycles. The van der Waals surface area contributed by atoms with Gasteiger partial charge in [0.25, 0.3) is 0 Å². The van der Waals surface area contributed by atoms with Crippen LogP contribution in [0.3, 0.4) is 0 Å². The quantitative estimate of drug-likeness (QED) is 0.257. The zero-order chi connectivity index (χ0) is 22.2. The summed E-state index contributed by atoms with van der Waals surface area (Å²) in [6.45, 7) is 10.6. The van der Waals surface area contributed by atoms with E-state index in [1.165, 1.54) is 13.0 Å². The van der Waals surface area contributed by atoms with Gasteiger partial charge in [-0.25, -0.2) is 14.4 Å². The molecule has 0 bridgehead atoms. The lowest BCUT2D eigenvalue weighted by atomic mass is 10.1. The molecule has 0 aliphatic rings. The average Bonchev–Trinajstić information content (AvgIpc) is 2.69. The van der Waals surface area contributed by atoms with Crippen molar-refractivity contribution < 1.29 is 29.3 Å². The molecule has 0 aliphatic heterocycles. The van der Waals surface area contributed by atoms with E-state index in [2.05, 4.69) is 13.2 Å². The van der Waals surface area contributed by atoms with Crippen LogP contribution in [-0.2, 0) is 19.1 Å². The smallest absolute Gasteiger partial charge is 0.337 e. The van der Waals surface area contributed by atoms with Gasteiger partial charge in [-0.05, 0) is 31.4 Å². The Bertz CT molecular complexity index is 772. The van der Waals surface area contributed by atoms with Crippen LogP contribution in [0.4, 0.5) is 0 Å². The molecule has 29 heavy (non-hydrogen) atoms.